The Morgan fingerprint density at radius 3 is 2.72 bits per heavy atom. The van der Waals surface area contributed by atoms with Gasteiger partial charge in [-0.15, -0.1) is 0 Å². The first kappa shape index (κ1) is 22.6. The second-order valence-corrected chi connectivity index (χ2v) is 9.59. The van der Waals surface area contributed by atoms with Gasteiger partial charge in [-0.2, -0.15) is 5.26 Å². The molecule has 0 aromatic heterocycles. The topological polar surface area (TPSA) is 56.1 Å². The number of halogens is 1. The van der Waals surface area contributed by atoms with E-state index in [-0.39, 0.29) is 11.4 Å². The summed E-state index contributed by atoms with van der Waals surface area (Å²) < 4.78 is 0. The monoisotopic (exact) mass is 447 g/mol. The molecule has 1 saturated carbocycles. The zero-order chi connectivity index (χ0) is 22.6. The number of rotatable bonds is 6. The Morgan fingerprint density at radius 1 is 1.16 bits per heavy atom. The quantitative estimate of drug-likeness (QED) is 0.595. The van der Waals surface area contributed by atoms with Gasteiger partial charge < -0.3 is 5.32 Å². The summed E-state index contributed by atoms with van der Waals surface area (Å²) in [5, 5.41) is 13.2. The number of nitrogens with one attached hydrogen (secondary N) is 1. The van der Waals surface area contributed by atoms with Gasteiger partial charge in [0.25, 0.3) is 5.91 Å². The molecule has 5 heteroatoms. The maximum atomic E-state index is 13.1. The summed E-state index contributed by atoms with van der Waals surface area (Å²) in [6.45, 7) is 6.85. The summed E-state index contributed by atoms with van der Waals surface area (Å²) in [7, 11) is 0. The number of fused-ring (bicyclic) bond motifs is 1. The predicted molar refractivity (Wildman–Crippen MR) is 129 cm³/mol. The van der Waals surface area contributed by atoms with Crippen LogP contribution in [-0.4, -0.2) is 29.4 Å². The number of carbonyl (C=O) groups is 1. The molecular formula is C27H30ClN3O. The van der Waals surface area contributed by atoms with E-state index in [1.165, 1.54) is 17.5 Å². The summed E-state index contributed by atoms with van der Waals surface area (Å²) in [4.78, 5) is 15.6. The number of carbonyl (C=O) groups excluding carboxylic acids is 1. The van der Waals surface area contributed by atoms with Crippen LogP contribution in [0.25, 0.3) is 5.57 Å². The van der Waals surface area contributed by atoms with Gasteiger partial charge in [-0.25, -0.2) is 0 Å². The van der Waals surface area contributed by atoms with E-state index in [9.17, 15) is 10.1 Å². The molecular weight excluding hydrogens is 418 g/mol. The van der Waals surface area contributed by atoms with Crippen LogP contribution >= 0.6 is 11.6 Å². The van der Waals surface area contributed by atoms with Gasteiger partial charge in [0.05, 0.1) is 11.6 Å². The van der Waals surface area contributed by atoms with Crippen LogP contribution in [0.4, 0.5) is 0 Å². The van der Waals surface area contributed by atoms with Gasteiger partial charge in [-0.05, 0) is 66.6 Å². The van der Waals surface area contributed by atoms with Crippen LogP contribution < -0.4 is 5.32 Å². The minimum atomic E-state index is -0.189. The number of nitrogens with zero attached hydrogens (tertiary/aromatic N) is 2. The van der Waals surface area contributed by atoms with E-state index in [4.69, 9.17) is 11.6 Å². The standard InChI is InChI=1S/C27H30ClN3O/c1-20(23-6-5-7-25(28)17-23)26(32)30-27(11-3-2-4-12-27)13-15-31-14-10-22-9-8-21(18-29)16-24(22)19-31/h5-9,16-17H,1-4,10-15,19H2,(H,30,32). The number of amides is 1. The van der Waals surface area contributed by atoms with Gasteiger partial charge in [0.1, 0.15) is 0 Å². The molecule has 0 spiro atoms. The summed E-state index contributed by atoms with van der Waals surface area (Å²) in [5.41, 5.74) is 4.37. The summed E-state index contributed by atoms with van der Waals surface area (Å²) in [6, 6.07) is 15.6. The van der Waals surface area contributed by atoms with E-state index in [1.807, 2.05) is 24.3 Å². The fourth-order valence-electron chi connectivity index (χ4n) is 5.04. The number of hydrogen-bond donors (Lipinski definition) is 1. The second kappa shape index (κ2) is 9.90. The van der Waals surface area contributed by atoms with Crippen molar-refractivity contribution in [3.8, 4) is 6.07 Å². The first-order valence-electron chi connectivity index (χ1n) is 11.5. The van der Waals surface area contributed by atoms with Gasteiger partial charge in [-0.3, -0.25) is 9.69 Å². The smallest absolute Gasteiger partial charge is 0.251 e. The van der Waals surface area contributed by atoms with Crippen LogP contribution in [0.1, 0.15) is 60.8 Å². The van der Waals surface area contributed by atoms with Crippen LogP contribution in [0.5, 0.6) is 0 Å². The highest BCUT2D eigenvalue weighted by Gasteiger charge is 2.34. The van der Waals surface area contributed by atoms with Gasteiger partial charge >= 0.3 is 0 Å². The van der Waals surface area contributed by atoms with Crippen molar-refractivity contribution in [1.82, 2.24) is 10.2 Å². The van der Waals surface area contributed by atoms with Crippen LogP contribution in [0, 0.1) is 11.3 Å². The lowest BCUT2D eigenvalue weighted by molar-refractivity contribution is -0.118. The van der Waals surface area contributed by atoms with E-state index in [2.05, 4.69) is 28.9 Å². The van der Waals surface area contributed by atoms with Gasteiger partial charge in [-0.1, -0.05) is 55.6 Å². The highest BCUT2D eigenvalue weighted by atomic mass is 35.5. The molecule has 0 radical (unpaired) electrons. The molecule has 32 heavy (non-hydrogen) atoms. The molecule has 2 aromatic carbocycles. The van der Waals surface area contributed by atoms with Gasteiger partial charge in [0.15, 0.2) is 0 Å². The fraction of sp³-hybridized carbons (Fsp3) is 0.407. The van der Waals surface area contributed by atoms with Crippen molar-refractivity contribution in [1.29, 1.82) is 5.26 Å². The van der Waals surface area contributed by atoms with Crippen LogP contribution in [-0.2, 0) is 17.8 Å². The SMILES string of the molecule is C=C(C(=O)NC1(CCN2CCc3ccc(C#N)cc3C2)CCCCC1)c1cccc(Cl)c1. The van der Waals surface area contributed by atoms with Gasteiger partial charge in [0.2, 0.25) is 0 Å². The first-order valence-corrected chi connectivity index (χ1v) is 11.9. The van der Waals surface area contributed by atoms with Crippen molar-refractivity contribution >= 4 is 23.1 Å². The molecule has 1 heterocycles. The number of nitriles is 1. The van der Waals surface area contributed by atoms with Crippen LogP contribution in [0.15, 0.2) is 49.0 Å². The lowest BCUT2D eigenvalue weighted by Gasteiger charge is -2.40. The normalized spacial score (nSPS) is 17.8. The highest BCUT2D eigenvalue weighted by Crippen LogP contribution is 2.33. The van der Waals surface area contributed by atoms with Crippen LogP contribution in [0.3, 0.4) is 0 Å². The largest absolute Gasteiger partial charge is 0.347 e. The lowest BCUT2D eigenvalue weighted by atomic mass is 9.78. The number of benzene rings is 2. The van der Waals surface area contributed by atoms with Crippen molar-refractivity contribution in [2.24, 2.45) is 0 Å². The molecule has 4 nitrogen and oxygen atoms in total. The average Bonchev–Trinajstić information content (AvgIpc) is 2.82. The molecule has 0 saturated heterocycles. The minimum Gasteiger partial charge on any atom is -0.347 e. The molecule has 1 fully saturated rings. The zero-order valence-electron chi connectivity index (χ0n) is 18.5. The van der Waals surface area contributed by atoms with E-state index in [0.717, 1.165) is 69.3 Å². The second-order valence-electron chi connectivity index (χ2n) is 9.16. The summed E-state index contributed by atoms with van der Waals surface area (Å²) in [6.07, 6.45) is 7.44. The molecule has 1 aliphatic carbocycles. The molecule has 2 aliphatic rings. The molecule has 0 bridgehead atoms. The third-order valence-electron chi connectivity index (χ3n) is 6.97. The molecule has 2 aromatic rings. The van der Waals surface area contributed by atoms with Crippen molar-refractivity contribution in [2.45, 2.75) is 57.0 Å². The molecule has 1 N–H and O–H groups in total. The van der Waals surface area contributed by atoms with Crippen LogP contribution in [0.2, 0.25) is 5.02 Å². The molecule has 0 atom stereocenters. The molecule has 4 rings (SSSR count). The number of hydrogen-bond acceptors (Lipinski definition) is 3. The maximum absolute atomic E-state index is 13.1. The van der Waals surface area contributed by atoms with Gasteiger partial charge in [0, 0.05) is 35.8 Å². The molecule has 166 valence electrons. The first-order chi connectivity index (χ1) is 15.5. The third kappa shape index (κ3) is 5.23. The van der Waals surface area contributed by atoms with E-state index >= 15 is 0 Å². The Labute approximate surface area is 195 Å². The Bertz CT molecular complexity index is 1050. The van der Waals surface area contributed by atoms with E-state index < -0.39 is 0 Å². The Balaban J connectivity index is 1.42. The van der Waals surface area contributed by atoms with E-state index in [1.54, 1.807) is 12.1 Å². The summed E-state index contributed by atoms with van der Waals surface area (Å²) >= 11 is 6.11. The lowest BCUT2D eigenvalue weighted by Crippen LogP contribution is -2.51. The molecule has 1 amide bonds. The zero-order valence-corrected chi connectivity index (χ0v) is 19.3. The maximum Gasteiger partial charge on any atom is 0.251 e. The third-order valence-corrected chi connectivity index (χ3v) is 7.20. The summed E-state index contributed by atoms with van der Waals surface area (Å²) in [5.74, 6) is -0.100. The highest BCUT2D eigenvalue weighted by molar-refractivity contribution is 6.31. The fourth-order valence-corrected chi connectivity index (χ4v) is 5.23. The van der Waals surface area contributed by atoms with E-state index in [0.29, 0.717) is 10.6 Å². The van der Waals surface area contributed by atoms with Crippen molar-refractivity contribution in [2.75, 3.05) is 13.1 Å². The van der Waals surface area contributed by atoms with Crippen molar-refractivity contribution in [3.05, 3.63) is 76.3 Å². The Morgan fingerprint density at radius 2 is 1.97 bits per heavy atom. The Hall–Kier alpha value is -2.61. The minimum absolute atomic E-state index is 0.100. The average molecular weight is 448 g/mol. The molecule has 0 unspecified atom stereocenters. The van der Waals surface area contributed by atoms with Crippen molar-refractivity contribution in [3.63, 3.8) is 0 Å². The Kier molecular flexibility index (Phi) is 6.98. The molecule has 1 aliphatic heterocycles. The predicted octanol–water partition coefficient (Wildman–Crippen LogP) is 5.49. The van der Waals surface area contributed by atoms with Crippen molar-refractivity contribution < 1.29 is 4.79 Å².